The average Bonchev–Trinajstić information content (AvgIpc) is 2.73. The van der Waals surface area contributed by atoms with Gasteiger partial charge in [-0.3, -0.25) is 0 Å². The first kappa shape index (κ1) is 26.0. The molecule has 30 heavy (non-hydrogen) atoms. The van der Waals surface area contributed by atoms with Crippen LogP contribution in [0.15, 0.2) is 53.1 Å². The van der Waals surface area contributed by atoms with Crippen molar-refractivity contribution in [1.82, 2.24) is 16.0 Å². The van der Waals surface area contributed by atoms with Crippen LogP contribution in [-0.2, 0) is 6.54 Å². The van der Waals surface area contributed by atoms with Gasteiger partial charge in [0.05, 0.1) is 0 Å². The third-order valence-electron chi connectivity index (χ3n) is 3.93. The molecule has 2 amide bonds. The summed E-state index contributed by atoms with van der Waals surface area (Å²) in [6, 6.07) is 11.0. The van der Waals surface area contributed by atoms with E-state index >= 15 is 0 Å². The normalized spacial score (nSPS) is 10.8. The predicted octanol–water partition coefficient (Wildman–Crippen LogP) is 5.29. The van der Waals surface area contributed by atoms with Gasteiger partial charge in [-0.2, -0.15) is 0 Å². The standard InChI is InChI=1S/C16H15BrFN3OS.C6H15N/c17-11-4-5-14(19)13(7-11)15(23)9-21-16(22)20-8-10-2-1-3-12(18)6-10;1-3-5-6-7-4-2/h1-7,9,23H,8,19H2,(H2,20,21,22);7H,3-6H2,1-2H3/b15-9-;. The molecule has 0 aliphatic carbocycles. The number of halogens is 2. The molecule has 8 heteroatoms. The van der Waals surface area contributed by atoms with Crippen LogP contribution in [0.1, 0.15) is 37.8 Å². The van der Waals surface area contributed by atoms with Gasteiger partial charge in [0.15, 0.2) is 0 Å². The van der Waals surface area contributed by atoms with E-state index in [0.717, 1.165) is 11.0 Å². The van der Waals surface area contributed by atoms with Gasteiger partial charge in [0, 0.05) is 33.4 Å². The number of amides is 2. The lowest BCUT2D eigenvalue weighted by Crippen LogP contribution is -2.31. The molecule has 0 aromatic heterocycles. The zero-order valence-electron chi connectivity index (χ0n) is 17.3. The van der Waals surface area contributed by atoms with Crippen LogP contribution in [-0.4, -0.2) is 19.1 Å². The highest BCUT2D eigenvalue weighted by atomic mass is 79.9. The lowest BCUT2D eigenvalue weighted by Gasteiger charge is -2.08. The zero-order chi connectivity index (χ0) is 22.4. The van der Waals surface area contributed by atoms with Crippen molar-refractivity contribution in [2.45, 2.75) is 33.2 Å². The van der Waals surface area contributed by atoms with Crippen LogP contribution in [0.25, 0.3) is 4.91 Å². The topological polar surface area (TPSA) is 79.2 Å². The van der Waals surface area contributed by atoms with Crippen molar-refractivity contribution in [2.24, 2.45) is 0 Å². The second-order valence-electron chi connectivity index (χ2n) is 6.43. The summed E-state index contributed by atoms with van der Waals surface area (Å²) in [6.07, 6.45) is 4.06. The van der Waals surface area contributed by atoms with Crippen LogP contribution in [0, 0.1) is 5.82 Å². The number of anilines is 1. The molecule has 0 aliphatic heterocycles. The Morgan fingerprint density at radius 1 is 1.23 bits per heavy atom. The minimum absolute atomic E-state index is 0.221. The molecule has 0 unspecified atom stereocenters. The molecule has 0 saturated carbocycles. The molecular formula is C22H30BrFN4OS. The van der Waals surface area contributed by atoms with Crippen LogP contribution in [0.5, 0.6) is 0 Å². The lowest BCUT2D eigenvalue weighted by atomic mass is 10.2. The maximum atomic E-state index is 13.0. The number of unbranched alkanes of at least 4 members (excludes halogenated alkanes) is 1. The molecule has 2 rings (SSSR count). The first-order valence-corrected chi connectivity index (χ1v) is 11.0. The van der Waals surface area contributed by atoms with Gasteiger partial charge in [-0.25, -0.2) is 9.18 Å². The molecule has 0 atom stereocenters. The van der Waals surface area contributed by atoms with E-state index in [1.165, 1.54) is 37.7 Å². The summed E-state index contributed by atoms with van der Waals surface area (Å²) in [7, 11) is 0. The Kier molecular flexibility index (Phi) is 12.9. The van der Waals surface area contributed by atoms with Crippen molar-refractivity contribution < 1.29 is 9.18 Å². The second kappa shape index (κ2) is 14.9. The number of hydrogen-bond acceptors (Lipinski definition) is 4. The molecule has 0 saturated heterocycles. The third kappa shape index (κ3) is 10.7. The molecule has 0 aliphatic rings. The van der Waals surface area contributed by atoms with E-state index in [-0.39, 0.29) is 12.4 Å². The van der Waals surface area contributed by atoms with Crippen molar-refractivity contribution in [2.75, 3.05) is 18.8 Å². The monoisotopic (exact) mass is 496 g/mol. The number of nitrogen functional groups attached to an aromatic ring is 1. The minimum atomic E-state index is -0.422. The van der Waals surface area contributed by atoms with Crippen molar-refractivity contribution >= 4 is 45.2 Å². The third-order valence-corrected chi connectivity index (χ3v) is 4.79. The van der Waals surface area contributed by atoms with Crippen molar-refractivity contribution in [3.63, 3.8) is 0 Å². The molecule has 5 nitrogen and oxygen atoms in total. The predicted molar refractivity (Wildman–Crippen MR) is 131 cm³/mol. The summed E-state index contributed by atoms with van der Waals surface area (Å²) in [6.45, 7) is 6.86. The number of hydrogen-bond donors (Lipinski definition) is 5. The smallest absolute Gasteiger partial charge is 0.319 e. The van der Waals surface area contributed by atoms with Crippen molar-refractivity contribution in [3.8, 4) is 0 Å². The van der Waals surface area contributed by atoms with Crippen LogP contribution < -0.4 is 21.7 Å². The number of nitrogens with one attached hydrogen (secondary N) is 3. The molecule has 0 radical (unpaired) electrons. The quantitative estimate of drug-likeness (QED) is 0.195. The van der Waals surface area contributed by atoms with E-state index in [1.807, 2.05) is 6.07 Å². The van der Waals surface area contributed by atoms with Crippen molar-refractivity contribution in [3.05, 3.63) is 70.1 Å². The van der Waals surface area contributed by atoms with Crippen LogP contribution in [0.2, 0.25) is 0 Å². The van der Waals surface area contributed by atoms with Gasteiger partial charge in [0.2, 0.25) is 0 Å². The highest BCUT2D eigenvalue weighted by molar-refractivity contribution is 9.10. The van der Waals surface area contributed by atoms with E-state index in [9.17, 15) is 9.18 Å². The van der Waals surface area contributed by atoms with Gasteiger partial charge in [-0.15, -0.1) is 12.6 Å². The van der Waals surface area contributed by atoms with E-state index < -0.39 is 6.03 Å². The van der Waals surface area contributed by atoms with E-state index in [0.29, 0.717) is 21.7 Å². The molecule has 0 heterocycles. The maximum Gasteiger partial charge on any atom is 0.319 e. The minimum Gasteiger partial charge on any atom is -0.398 e. The van der Waals surface area contributed by atoms with Gasteiger partial charge in [0.1, 0.15) is 5.82 Å². The zero-order valence-corrected chi connectivity index (χ0v) is 19.8. The molecular weight excluding hydrogens is 467 g/mol. The summed E-state index contributed by atoms with van der Waals surface area (Å²) in [4.78, 5) is 12.3. The Labute approximate surface area is 192 Å². The fourth-order valence-electron chi connectivity index (χ4n) is 2.32. The molecule has 0 fully saturated rings. The second-order valence-corrected chi connectivity index (χ2v) is 7.82. The molecule has 0 bridgehead atoms. The number of urea groups is 1. The van der Waals surface area contributed by atoms with Crippen LogP contribution >= 0.6 is 28.6 Å². The highest BCUT2D eigenvalue weighted by Crippen LogP contribution is 2.27. The Morgan fingerprint density at radius 3 is 2.67 bits per heavy atom. The number of thiol groups is 1. The summed E-state index contributed by atoms with van der Waals surface area (Å²) < 4.78 is 13.9. The molecule has 2 aromatic carbocycles. The van der Waals surface area contributed by atoms with Gasteiger partial charge in [-0.1, -0.05) is 48.3 Å². The number of benzene rings is 2. The van der Waals surface area contributed by atoms with E-state index in [2.05, 4.69) is 58.4 Å². The van der Waals surface area contributed by atoms with Gasteiger partial charge in [-0.05, 0) is 55.4 Å². The Morgan fingerprint density at radius 2 is 2.00 bits per heavy atom. The van der Waals surface area contributed by atoms with E-state index in [1.54, 1.807) is 24.3 Å². The molecule has 5 N–H and O–H groups in total. The summed E-state index contributed by atoms with van der Waals surface area (Å²) >= 11 is 7.69. The van der Waals surface area contributed by atoms with Gasteiger partial charge < -0.3 is 21.7 Å². The Bertz CT molecular complexity index is 829. The first-order chi connectivity index (χ1) is 14.4. The maximum absolute atomic E-state index is 13.0. The fraction of sp³-hybridized carbons (Fsp3) is 0.318. The SMILES string of the molecule is CCCCNCC.Nc1ccc(Br)cc1/C(S)=C/NC(=O)NCc1cccc(F)c1. The summed E-state index contributed by atoms with van der Waals surface area (Å²) in [5, 5.41) is 8.43. The van der Waals surface area contributed by atoms with Crippen LogP contribution in [0.4, 0.5) is 14.9 Å². The van der Waals surface area contributed by atoms with Gasteiger partial charge in [0.25, 0.3) is 0 Å². The summed E-state index contributed by atoms with van der Waals surface area (Å²) in [5.74, 6) is -0.340. The van der Waals surface area contributed by atoms with Crippen LogP contribution in [0.3, 0.4) is 0 Å². The number of carbonyl (C=O) groups is 1. The van der Waals surface area contributed by atoms with Gasteiger partial charge >= 0.3 is 6.03 Å². The largest absolute Gasteiger partial charge is 0.398 e. The molecule has 164 valence electrons. The molecule has 2 aromatic rings. The Hall–Kier alpha value is -2.03. The molecule has 0 spiro atoms. The highest BCUT2D eigenvalue weighted by Gasteiger charge is 2.05. The average molecular weight is 497 g/mol. The fourth-order valence-corrected chi connectivity index (χ4v) is 2.94. The number of rotatable bonds is 8. The Balaban J connectivity index is 0.000000553. The number of nitrogens with two attached hydrogens (primary N) is 1. The van der Waals surface area contributed by atoms with E-state index in [4.69, 9.17) is 5.73 Å². The summed E-state index contributed by atoms with van der Waals surface area (Å²) in [5.41, 5.74) is 7.80. The number of carbonyl (C=O) groups excluding carboxylic acids is 1. The lowest BCUT2D eigenvalue weighted by molar-refractivity contribution is 0.244. The first-order valence-electron chi connectivity index (χ1n) is 9.81. The van der Waals surface area contributed by atoms with Crippen molar-refractivity contribution in [1.29, 1.82) is 0 Å².